The first kappa shape index (κ1) is 13.0. The van der Waals surface area contributed by atoms with Gasteiger partial charge in [-0.25, -0.2) is 10.1 Å². The molecule has 96 valence electrons. The quantitative estimate of drug-likeness (QED) is 0.640. The molecule has 0 aliphatic carbocycles. The standard InChI is InChI=1S/C11H14BrN5O/c1-17-10(11(12)15-16-17)9(14-13)7-18-8-5-3-2-4-6-8/h2-6,9,14H,7,13H2,1H3. The number of halogens is 1. The molecular weight excluding hydrogens is 298 g/mol. The van der Waals surface area contributed by atoms with Gasteiger partial charge in [0.25, 0.3) is 0 Å². The summed E-state index contributed by atoms with van der Waals surface area (Å²) in [5.41, 5.74) is 3.54. The van der Waals surface area contributed by atoms with Gasteiger partial charge in [0.1, 0.15) is 12.4 Å². The molecule has 6 nitrogen and oxygen atoms in total. The number of nitrogens with zero attached hydrogens (tertiary/aromatic N) is 3. The molecule has 0 aliphatic rings. The second-order valence-corrected chi connectivity index (χ2v) is 4.48. The first-order valence-electron chi connectivity index (χ1n) is 5.41. The predicted molar refractivity (Wildman–Crippen MR) is 70.7 cm³/mol. The highest BCUT2D eigenvalue weighted by Crippen LogP contribution is 2.21. The molecule has 1 aromatic carbocycles. The Hall–Kier alpha value is -1.44. The molecule has 1 atom stereocenters. The molecule has 0 aliphatic heterocycles. The molecule has 0 radical (unpaired) electrons. The summed E-state index contributed by atoms with van der Waals surface area (Å²) >= 11 is 3.34. The summed E-state index contributed by atoms with van der Waals surface area (Å²) in [7, 11) is 1.81. The van der Waals surface area contributed by atoms with Gasteiger partial charge < -0.3 is 4.74 Å². The summed E-state index contributed by atoms with van der Waals surface area (Å²) in [6.07, 6.45) is 0. The fourth-order valence-electron chi connectivity index (χ4n) is 1.61. The Bertz CT molecular complexity index is 482. The maximum Gasteiger partial charge on any atom is 0.153 e. The number of hydrazine groups is 1. The van der Waals surface area contributed by atoms with Crippen molar-refractivity contribution in [2.45, 2.75) is 6.04 Å². The van der Waals surface area contributed by atoms with E-state index < -0.39 is 0 Å². The van der Waals surface area contributed by atoms with Crippen molar-refractivity contribution >= 4 is 15.9 Å². The maximum absolute atomic E-state index is 5.66. The van der Waals surface area contributed by atoms with Gasteiger partial charge in [-0.05, 0) is 28.1 Å². The summed E-state index contributed by atoms with van der Waals surface area (Å²) < 4.78 is 7.97. The third-order valence-electron chi connectivity index (χ3n) is 2.52. The Morgan fingerprint density at radius 1 is 1.44 bits per heavy atom. The molecule has 2 rings (SSSR count). The van der Waals surface area contributed by atoms with Gasteiger partial charge in [0.15, 0.2) is 4.60 Å². The van der Waals surface area contributed by atoms with Crippen LogP contribution in [0.25, 0.3) is 0 Å². The molecular formula is C11H14BrN5O. The molecule has 0 fully saturated rings. The Morgan fingerprint density at radius 2 is 2.17 bits per heavy atom. The van der Waals surface area contributed by atoms with Gasteiger partial charge in [-0.2, -0.15) is 0 Å². The minimum atomic E-state index is -0.195. The van der Waals surface area contributed by atoms with Crippen LogP contribution >= 0.6 is 15.9 Å². The minimum absolute atomic E-state index is 0.195. The molecule has 0 amide bonds. The van der Waals surface area contributed by atoms with E-state index in [1.807, 2.05) is 30.3 Å². The number of nitrogens with two attached hydrogens (primary N) is 1. The van der Waals surface area contributed by atoms with Crippen LogP contribution in [0.3, 0.4) is 0 Å². The molecule has 1 aromatic heterocycles. The second-order valence-electron chi connectivity index (χ2n) is 3.73. The van der Waals surface area contributed by atoms with Crippen LogP contribution < -0.4 is 16.0 Å². The molecule has 0 saturated carbocycles. The van der Waals surface area contributed by atoms with Crippen LogP contribution in [0.4, 0.5) is 0 Å². The molecule has 3 N–H and O–H groups in total. The largest absolute Gasteiger partial charge is 0.491 e. The number of aromatic nitrogens is 3. The van der Waals surface area contributed by atoms with E-state index >= 15 is 0 Å². The van der Waals surface area contributed by atoms with Crippen molar-refractivity contribution in [2.75, 3.05) is 6.61 Å². The van der Waals surface area contributed by atoms with Gasteiger partial charge in [0.05, 0.1) is 11.7 Å². The highest BCUT2D eigenvalue weighted by Gasteiger charge is 2.19. The van der Waals surface area contributed by atoms with E-state index in [1.54, 1.807) is 11.7 Å². The topological polar surface area (TPSA) is 78.0 Å². The van der Waals surface area contributed by atoms with Crippen LogP contribution in [0, 0.1) is 0 Å². The number of rotatable bonds is 5. The van der Waals surface area contributed by atoms with Crippen LogP contribution in [0.2, 0.25) is 0 Å². The van der Waals surface area contributed by atoms with E-state index in [2.05, 4.69) is 31.7 Å². The monoisotopic (exact) mass is 311 g/mol. The fraction of sp³-hybridized carbons (Fsp3) is 0.273. The normalized spacial score (nSPS) is 12.4. The molecule has 7 heteroatoms. The summed E-state index contributed by atoms with van der Waals surface area (Å²) in [5.74, 6) is 6.34. The van der Waals surface area contributed by atoms with Gasteiger partial charge in [-0.15, -0.1) is 5.10 Å². The smallest absolute Gasteiger partial charge is 0.153 e. The summed E-state index contributed by atoms with van der Waals surface area (Å²) in [6, 6.07) is 9.37. The molecule has 0 saturated heterocycles. The third kappa shape index (κ3) is 2.87. The van der Waals surface area contributed by atoms with E-state index in [4.69, 9.17) is 10.6 Å². The van der Waals surface area contributed by atoms with Crippen LogP contribution in [0.1, 0.15) is 11.7 Å². The van der Waals surface area contributed by atoms with Crippen LogP contribution in [-0.2, 0) is 7.05 Å². The average molecular weight is 312 g/mol. The van der Waals surface area contributed by atoms with Crippen molar-refractivity contribution < 1.29 is 4.74 Å². The van der Waals surface area contributed by atoms with Gasteiger partial charge in [0, 0.05) is 7.05 Å². The molecule has 2 aromatic rings. The first-order valence-corrected chi connectivity index (χ1v) is 6.20. The van der Waals surface area contributed by atoms with Crippen molar-refractivity contribution in [3.8, 4) is 5.75 Å². The molecule has 18 heavy (non-hydrogen) atoms. The van der Waals surface area contributed by atoms with E-state index in [9.17, 15) is 0 Å². The minimum Gasteiger partial charge on any atom is -0.491 e. The maximum atomic E-state index is 5.66. The van der Waals surface area contributed by atoms with Crippen molar-refractivity contribution in [1.29, 1.82) is 0 Å². The highest BCUT2D eigenvalue weighted by molar-refractivity contribution is 9.10. The number of para-hydroxylation sites is 1. The van der Waals surface area contributed by atoms with Crippen LogP contribution in [0.15, 0.2) is 34.9 Å². The molecule has 0 bridgehead atoms. The van der Waals surface area contributed by atoms with E-state index in [0.29, 0.717) is 11.2 Å². The van der Waals surface area contributed by atoms with E-state index in [1.165, 1.54) is 0 Å². The van der Waals surface area contributed by atoms with Crippen molar-refractivity contribution in [3.05, 3.63) is 40.6 Å². The van der Waals surface area contributed by atoms with Crippen molar-refractivity contribution in [1.82, 2.24) is 20.4 Å². The Morgan fingerprint density at radius 3 is 2.72 bits per heavy atom. The Labute approximate surface area is 113 Å². The lowest BCUT2D eigenvalue weighted by Crippen LogP contribution is -2.34. The first-order chi connectivity index (χ1) is 8.72. The summed E-state index contributed by atoms with van der Waals surface area (Å²) in [4.78, 5) is 0. The van der Waals surface area contributed by atoms with Crippen LogP contribution in [0.5, 0.6) is 5.75 Å². The zero-order chi connectivity index (χ0) is 13.0. The lowest BCUT2D eigenvalue weighted by molar-refractivity contribution is 0.261. The zero-order valence-electron chi connectivity index (χ0n) is 9.88. The lowest BCUT2D eigenvalue weighted by Gasteiger charge is -2.16. The summed E-state index contributed by atoms with van der Waals surface area (Å²) in [5, 5.41) is 7.83. The lowest BCUT2D eigenvalue weighted by atomic mass is 10.2. The number of hydrogen-bond donors (Lipinski definition) is 2. The molecule has 1 heterocycles. The number of benzene rings is 1. The second kappa shape index (κ2) is 5.94. The Kier molecular flexibility index (Phi) is 4.29. The van der Waals surface area contributed by atoms with Crippen molar-refractivity contribution in [3.63, 3.8) is 0 Å². The third-order valence-corrected chi connectivity index (χ3v) is 3.08. The van der Waals surface area contributed by atoms with Gasteiger partial charge >= 0.3 is 0 Å². The predicted octanol–water partition coefficient (Wildman–Crippen LogP) is 1.16. The number of nitrogens with one attached hydrogen (secondary N) is 1. The van der Waals surface area contributed by atoms with Gasteiger partial charge in [0.2, 0.25) is 0 Å². The van der Waals surface area contributed by atoms with E-state index in [-0.39, 0.29) is 6.04 Å². The van der Waals surface area contributed by atoms with Crippen LogP contribution in [-0.4, -0.2) is 21.6 Å². The summed E-state index contributed by atoms with van der Waals surface area (Å²) in [6.45, 7) is 0.389. The number of aryl methyl sites for hydroxylation is 1. The molecule has 1 unspecified atom stereocenters. The van der Waals surface area contributed by atoms with E-state index in [0.717, 1.165) is 11.4 Å². The fourth-order valence-corrected chi connectivity index (χ4v) is 2.21. The SMILES string of the molecule is Cn1nnc(Br)c1C(COc1ccccc1)NN. The van der Waals surface area contributed by atoms with Crippen molar-refractivity contribution in [2.24, 2.45) is 12.9 Å². The highest BCUT2D eigenvalue weighted by atomic mass is 79.9. The van der Waals surface area contributed by atoms with Gasteiger partial charge in [-0.3, -0.25) is 5.84 Å². The zero-order valence-corrected chi connectivity index (χ0v) is 11.5. The average Bonchev–Trinajstić information content (AvgIpc) is 2.73. The number of ether oxygens (including phenoxy) is 1. The van der Waals surface area contributed by atoms with Gasteiger partial charge in [-0.1, -0.05) is 23.4 Å². The number of hydrogen-bond acceptors (Lipinski definition) is 5. The Balaban J connectivity index is 2.07. The molecule has 0 spiro atoms.